The van der Waals surface area contributed by atoms with E-state index >= 15 is 0 Å². The van der Waals surface area contributed by atoms with Gasteiger partial charge in [-0.3, -0.25) is 0 Å². The molecule has 1 heterocycles. The number of hydrogen-bond acceptors (Lipinski definition) is 2. The molecule has 0 radical (unpaired) electrons. The van der Waals surface area contributed by atoms with Gasteiger partial charge < -0.3 is 10.2 Å². The number of rotatable bonds is 3. The van der Waals surface area contributed by atoms with Crippen LogP contribution >= 0.6 is 0 Å². The zero-order valence-corrected chi connectivity index (χ0v) is 8.85. The van der Waals surface area contributed by atoms with Gasteiger partial charge in [0.1, 0.15) is 0 Å². The summed E-state index contributed by atoms with van der Waals surface area (Å²) in [7, 11) is 2.23. The molecule has 0 bridgehead atoms. The second-order valence-electron chi connectivity index (χ2n) is 5.10. The van der Waals surface area contributed by atoms with Gasteiger partial charge in [-0.05, 0) is 25.4 Å². The Morgan fingerprint density at radius 1 is 1.33 bits per heavy atom. The molecule has 1 aliphatic rings. The highest BCUT2D eigenvalue weighted by Crippen LogP contribution is 2.19. The second kappa shape index (κ2) is 3.75. The Hall–Kier alpha value is -0.0800. The Bertz CT molecular complexity index is 133. The van der Waals surface area contributed by atoms with Crippen molar-refractivity contribution in [2.24, 2.45) is 5.41 Å². The standard InChI is InChI=1S/C10H22N2/c1-10(2,3)5-6-12(4)9-7-11-8-9/h9,11H,5-8H2,1-4H3. The molecule has 12 heavy (non-hydrogen) atoms. The van der Waals surface area contributed by atoms with Gasteiger partial charge in [0, 0.05) is 19.1 Å². The number of nitrogens with one attached hydrogen (secondary N) is 1. The van der Waals surface area contributed by atoms with E-state index in [0.29, 0.717) is 5.41 Å². The van der Waals surface area contributed by atoms with Crippen molar-refractivity contribution in [2.75, 3.05) is 26.7 Å². The highest BCUT2D eigenvalue weighted by molar-refractivity contribution is 4.83. The molecule has 72 valence electrons. The average molecular weight is 170 g/mol. The van der Waals surface area contributed by atoms with E-state index < -0.39 is 0 Å². The molecule has 0 aromatic rings. The lowest BCUT2D eigenvalue weighted by atomic mass is 9.92. The summed E-state index contributed by atoms with van der Waals surface area (Å²) in [5.41, 5.74) is 0.478. The highest BCUT2D eigenvalue weighted by Gasteiger charge is 2.22. The van der Waals surface area contributed by atoms with Gasteiger partial charge in [0.05, 0.1) is 0 Å². The summed E-state index contributed by atoms with van der Waals surface area (Å²) < 4.78 is 0. The fraction of sp³-hybridized carbons (Fsp3) is 1.00. The largest absolute Gasteiger partial charge is 0.314 e. The second-order valence-corrected chi connectivity index (χ2v) is 5.10. The van der Waals surface area contributed by atoms with Crippen LogP contribution in [0, 0.1) is 5.41 Å². The topological polar surface area (TPSA) is 15.3 Å². The molecular weight excluding hydrogens is 148 g/mol. The van der Waals surface area contributed by atoms with Crippen molar-refractivity contribution in [3.05, 3.63) is 0 Å². The van der Waals surface area contributed by atoms with E-state index in [0.717, 1.165) is 6.04 Å². The van der Waals surface area contributed by atoms with Gasteiger partial charge in [-0.2, -0.15) is 0 Å². The Kier molecular flexibility index (Phi) is 3.13. The van der Waals surface area contributed by atoms with Crippen molar-refractivity contribution >= 4 is 0 Å². The maximum Gasteiger partial charge on any atom is 0.0342 e. The molecule has 2 nitrogen and oxygen atoms in total. The molecule has 1 N–H and O–H groups in total. The predicted molar refractivity (Wildman–Crippen MR) is 53.4 cm³/mol. The third kappa shape index (κ3) is 3.11. The third-order valence-corrected chi connectivity index (χ3v) is 2.60. The minimum absolute atomic E-state index is 0.478. The van der Waals surface area contributed by atoms with Crippen LogP contribution in [0.4, 0.5) is 0 Å². The summed E-state index contributed by atoms with van der Waals surface area (Å²) in [5.74, 6) is 0. The van der Waals surface area contributed by atoms with Crippen LogP contribution in [0.1, 0.15) is 27.2 Å². The lowest BCUT2D eigenvalue weighted by molar-refractivity contribution is 0.159. The maximum atomic E-state index is 3.30. The first kappa shape index (κ1) is 10.0. The van der Waals surface area contributed by atoms with Gasteiger partial charge in [0.2, 0.25) is 0 Å². The third-order valence-electron chi connectivity index (χ3n) is 2.60. The minimum atomic E-state index is 0.478. The molecule has 0 spiro atoms. The summed E-state index contributed by atoms with van der Waals surface area (Å²) in [5, 5.41) is 3.30. The van der Waals surface area contributed by atoms with Gasteiger partial charge in [0.15, 0.2) is 0 Å². The summed E-state index contributed by atoms with van der Waals surface area (Å²) in [6.07, 6.45) is 1.29. The van der Waals surface area contributed by atoms with Crippen LogP contribution in [0.5, 0.6) is 0 Å². The van der Waals surface area contributed by atoms with Gasteiger partial charge in [0.25, 0.3) is 0 Å². The van der Waals surface area contributed by atoms with E-state index in [-0.39, 0.29) is 0 Å². The fourth-order valence-electron chi connectivity index (χ4n) is 1.28. The van der Waals surface area contributed by atoms with Crippen molar-refractivity contribution in [3.8, 4) is 0 Å². The van der Waals surface area contributed by atoms with Crippen LogP contribution in [0.3, 0.4) is 0 Å². The fourth-order valence-corrected chi connectivity index (χ4v) is 1.28. The lowest BCUT2D eigenvalue weighted by Gasteiger charge is -2.36. The molecule has 0 aliphatic carbocycles. The van der Waals surface area contributed by atoms with E-state index in [4.69, 9.17) is 0 Å². The quantitative estimate of drug-likeness (QED) is 0.687. The van der Waals surface area contributed by atoms with E-state index in [1.54, 1.807) is 0 Å². The first-order valence-electron chi connectivity index (χ1n) is 4.90. The first-order valence-corrected chi connectivity index (χ1v) is 4.90. The van der Waals surface area contributed by atoms with Crippen LogP contribution in [0.25, 0.3) is 0 Å². The molecule has 1 aliphatic heterocycles. The van der Waals surface area contributed by atoms with Crippen LogP contribution in [0.15, 0.2) is 0 Å². The van der Waals surface area contributed by atoms with Crippen LogP contribution in [0.2, 0.25) is 0 Å². The number of hydrogen-bond donors (Lipinski definition) is 1. The smallest absolute Gasteiger partial charge is 0.0342 e. The molecular formula is C10H22N2. The molecule has 0 saturated carbocycles. The van der Waals surface area contributed by atoms with Crippen molar-refractivity contribution < 1.29 is 0 Å². The Morgan fingerprint density at radius 3 is 2.25 bits per heavy atom. The molecule has 2 heteroatoms. The van der Waals surface area contributed by atoms with Crippen LogP contribution in [-0.2, 0) is 0 Å². The molecule has 0 atom stereocenters. The SMILES string of the molecule is CN(CCC(C)(C)C)C1CNC1. The summed E-state index contributed by atoms with van der Waals surface area (Å²) in [6.45, 7) is 10.5. The zero-order chi connectivity index (χ0) is 9.19. The van der Waals surface area contributed by atoms with Crippen LogP contribution in [-0.4, -0.2) is 37.6 Å². The minimum Gasteiger partial charge on any atom is -0.314 e. The zero-order valence-electron chi connectivity index (χ0n) is 8.85. The van der Waals surface area contributed by atoms with E-state index in [1.807, 2.05) is 0 Å². The van der Waals surface area contributed by atoms with Gasteiger partial charge in [-0.25, -0.2) is 0 Å². The highest BCUT2D eigenvalue weighted by atomic mass is 15.2. The maximum absolute atomic E-state index is 3.30. The molecule has 0 aromatic carbocycles. The Balaban J connectivity index is 2.13. The van der Waals surface area contributed by atoms with Gasteiger partial charge in [-0.1, -0.05) is 20.8 Å². The van der Waals surface area contributed by atoms with Crippen molar-refractivity contribution in [3.63, 3.8) is 0 Å². The molecule has 0 aromatic heterocycles. The predicted octanol–water partition coefficient (Wildman–Crippen LogP) is 1.33. The van der Waals surface area contributed by atoms with Crippen LogP contribution < -0.4 is 5.32 Å². The van der Waals surface area contributed by atoms with Crippen molar-refractivity contribution in [2.45, 2.75) is 33.2 Å². The van der Waals surface area contributed by atoms with Crippen molar-refractivity contribution in [1.29, 1.82) is 0 Å². The Morgan fingerprint density at radius 2 is 1.92 bits per heavy atom. The van der Waals surface area contributed by atoms with Crippen molar-refractivity contribution in [1.82, 2.24) is 10.2 Å². The first-order chi connectivity index (χ1) is 5.49. The monoisotopic (exact) mass is 170 g/mol. The summed E-state index contributed by atoms with van der Waals surface area (Å²) in [4.78, 5) is 2.47. The molecule has 1 saturated heterocycles. The molecule has 1 fully saturated rings. The number of nitrogens with zero attached hydrogens (tertiary/aromatic N) is 1. The summed E-state index contributed by atoms with van der Waals surface area (Å²) in [6, 6.07) is 0.798. The van der Waals surface area contributed by atoms with E-state index in [1.165, 1.54) is 26.1 Å². The number of likely N-dealkylation sites (N-methyl/N-ethyl adjacent to an activating group) is 1. The summed E-state index contributed by atoms with van der Waals surface area (Å²) >= 11 is 0. The van der Waals surface area contributed by atoms with E-state index in [2.05, 4.69) is 38.0 Å². The van der Waals surface area contributed by atoms with E-state index in [9.17, 15) is 0 Å². The van der Waals surface area contributed by atoms with Gasteiger partial charge >= 0.3 is 0 Å². The molecule has 1 rings (SSSR count). The normalized spacial score (nSPS) is 19.8. The lowest BCUT2D eigenvalue weighted by Crippen LogP contribution is -2.56. The van der Waals surface area contributed by atoms with Gasteiger partial charge in [-0.15, -0.1) is 0 Å². The molecule has 0 unspecified atom stereocenters. The Labute approximate surface area is 76.3 Å². The average Bonchev–Trinajstić information content (AvgIpc) is 1.78. The molecule has 0 amide bonds.